The number of benzene rings is 1. The first kappa shape index (κ1) is 19.7. The molecule has 6 nitrogen and oxygen atoms in total. The summed E-state index contributed by atoms with van der Waals surface area (Å²) in [6.07, 6.45) is -4.45. The summed E-state index contributed by atoms with van der Waals surface area (Å²) in [4.78, 5) is 13.8. The Kier molecular flexibility index (Phi) is 6.07. The zero-order chi connectivity index (χ0) is 18.7. The van der Waals surface area contributed by atoms with Crippen LogP contribution in [0.5, 0.6) is 0 Å². The summed E-state index contributed by atoms with van der Waals surface area (Å²) in [7, 11) is -2.02. The molecule has 1 amide bonds. The topological polar surface area (TPSA) is 66.9 Å². The van der Waals surface area contributed by atoms with Crippen molar-refractivity contribution in [2.75, 3.05) is 45.6 Å². The highest BCUT2D eigenvalue weighted by molar-refractivity contribution is 7.89. The van der Waals surface area contributed by atoms with Gasteiger partial charge in [-0.1, -0.05) is 0 Å². The lowest BCUT2D eigenvalue weighted by atomic mass is 10.1. The number of ether oxygens (including phenoxy) is 1. The Morgan fingerprint density at radius 2 is 1.68 bits per heavy atom. The fourth-order valence-corrected chi connectivity index (χ4v) is 3.83. The smallest absolute Gasteiger partial charge is 0.384 e. The molecule has 1 aliphatic rings. The first-order chi connectivity index (χ1) is 11.6. The maximum absolute atomic E-state index is 12.6. The summed E-state index contributed by atoms with van der Waals surface area (Å²) >= 11 is 0. The van der Waals surface area contributed by atoms with Crippen molar-refractivity contribution >= 4 is 15.9 Å². The minimum Gasteiger partial charge on any atom is -0.384 e. The van der Waals surface area contributed by atoms with Crippen molar-refractivity contribution in [2.24, 2.45) is 0 Å². The molecule has 10 heteroatoms. The number of carbonyl (C=O) groups excluding carboxylic acids is 1. The average Bonchev–Trinajstić information content (AvgIpc) is 2.59. The number of piperazine rings is 1. The van der Waals surface area contributed by atoms with Gasteiger partial charge in [0, 0.05) is 38.9 Å². The molecule has 25 heavy (non-hydrogen) atoms. The van der Waals surface area contributed by atoms with Crippen LogP contribution < -0.4 is 0 Å². The standard InChI is InChI=1S/C15H19F3N2O4S/c1-24-10-11-25(22,23)20-8-6-19(7-9-20)14(21)12-2-4-13(5-3-12)15(16,17)18/h2-5H,6-11H2,1H3. The fourth-order valence-electron chi connectivity index (χ4n) is 2.47. The number of carbonyl (C=O) groups is 1. The highest BCUT2D eigenvalue weighted by Gasteiger charge is 2.31. The molecule has 0 unspecified atom stereocenters. The predicted molar refractivity (Wildman–Crippen MR) is 84.6 cm³/mol. The maximum Gasteiger partial charge on any atom is 0.416 e. The average molecular weight is 380 g/mol. The normalized spacial score (nSPS) is 16.9. The van der Waals surface area contributed by atoms with E-state index in [9.17, 15) is 26.4 Å². The SMILES string of the molecule is COCCS(=O)(=O)N1CCN(C(=O)c2ccc(C(F)(F)F)cc2)CC1. The second kappa shape index (κ2) is 7.71. The number of halogens is 3. The van der Waals surface area contributed by atoms with Gasteiger partial charge in [0.05, 0.1) is 17.9 Å². The summed E-state index contributed by atoms with van der Waals surface area (Å²) in [5.41, 5.74) is -0.679. The molecule has 0 N–H and O–H groups in total. The Hall–Kier alpha value is -1.65. The van der Waals surface area contributed by atoms with Gasteiger partial charge in [0.1, 0.15) is 0 Å². The van der Waals surface area contributed by atoms with E-state index < -0.39 is 27.7 Å². The highest BCUT2D eigenvalue weighted by Crippen LogP contribution is 2.29. The van der Waals surface area contributed by atoms with E-state index in [2.05, 4.69) is 0 Å². The predicted octanol–water partition coefficient (Wildman–Crippen LogP) is 1.44. The highest BCUT2D eigenvalue weighted by atomic mass is 32.2. The zero-order valence-electron chi connectivity index (χ0n) is 13.6. The molecule has 1 fully saturated rings. The number of rotatable bonds is 5. The number of alkyl halides is 3. The number of amides is 1. The van der Waals surface area contributed by atoms with E-state index in [4.69, 9.17) is 4.74 Å². The van der Waals surface area contributed by atoms with Gasteiger partial charge in [-0.25, -0.2) is 8.42 Å². The second-order valence-corrected chi connectivity index (χ2v) is 7.66. The molecule has 0 atom stereocenters. The van der Waals surface area contributed by atoms with Crippen LogP contribution in [0.2, 0.25) is 0 Å². The Balaban J connectivity index is 1.97. The van der Waals surface area contributed by atoms with E-state index in [0.717, 1.165) is 24.3 Å². The van der Waals surface area contributed by atoms with Crippen LogP contribution >= 0.6 is 0 Å². The van der Waals surface area contributed by atoms with Crippen LogP contribution in [0, 0.1) is 0 Å². The lowest BCUT2D eigenvalue weighted by Crippen LogP contribution is -2.51. The fraction of sp³-hybridized carbons (Fsp3) is 0.533. The van der Waals surface area contributed by atoms with E-state index in [1.807, 2.05) is 0 Å². The van der Waals surface area contributed by atoms with Gasteiger partial charge in [-0.15, -0.1) is 0 Å². The van der Waals surface area contributed by atoms with Crippen molar-refractivity contribution in [3.05, 3.63) is 35.4 Å². The third kappa shape index (κ3) is 4.93. The molecule has 0 radical (unpaired) electrons. The van der Waals surface area contributed by atoms with Gasteiger partial charge in [0.15, 0.2) is 0 Å². The first-order valence-electron chi connectivity index (χ1n) is 7.58. The molecule has 1 aromatic carbocycles. The quantitative estimate of drug-likeness (QED) is 0.775. The molecule has 0 spiro atoms. The van der Waals surface area contributed by atoms with Crippen LogP contribution in [0.3, 0.4) is 0 Å². The van der Waals surface area contributed by atoms with Gasteiger partial charge < -0.3 is 9.64 Å². The first-order valence-corrected chi connectivity index (χ1v) is 9.19. The summed E-state index contributed by atoms with van der Waals surface area (Å²) in [5.74, 6) is -0.543. The second-order valence-electron chi connectivity index (χ2n) is 5.58. The molecule has 1 saturated heterocycles. The van der Waals surface area contributed by atoms with Crippen LogP contribution in [-0.2, 0) is 20.9 Å². The molecule has 140 valence electrons. The molecule has 1 heterocycles. The van der Waals surface area contributed by atoms with E-state index in [1.165, 1.54) is 16.3 Å². The van der Waals surface area contributed by atoms with E-state index in [0.29, 0.717) is 0 Å². The van der Waals surface area contributed by atoms with Crippen LogP contribution in [0.1, 0.15) is 15.9 Å². The van der Waals surface area contributed by atoms with Crippen molar-refractivity contribution in [3.8, 4) is 0 Å². The number of methoxy groups -OCH3 is 1. The van der Waals surface area contributed by atoms with E-state index in [1.54, 1.807) is 0 Å². The van der Waals surface area contributed by atoms with Gasteiger partial charge in [-0.3, -0.25) is 4.79 Å². The van der Waals surface area contributed by atoms with Gasteiger partial charge in [-0.2, -0.15) is 17.5 Å². The number of hydrogen-bond acceptors (Lipinski definition) is 4. The third-order valence-corrected chi connectivity index (χ3v) is 5.76. The summed E-state index contributed by atoms with van der Waals surface area (Å²) in [5, 5.41) is 0. The van der Waals surface area contributed by atoms with Gasteiger partial charge in [-0.05, 0) is 24.3 Å². The minimum atomic E-state index is -4.45. The number of sulfonamides is 1. The molecular formula is C15H19F3N2O4S. The van der Waals surface area contributed by atoms with E-state index in [-0.39, 0.29) is 44.1 Å². The Labute approximate surface area is 144 Å². The van der Waals surface area contributed by atoms with Crippen molar-refractivity contribution < 1.29 is 31.1 Å². The molecule has 2 rings (SSSR count). The number of nitrogens with zero attached hydrogens (tertiary/aromatic N) is 2. The lowest BCUT2D eigenvalue weighted by Gasteiger charge is -2.34. The van der Waals surface area contributed by atoms with Gasteiger partial charge in [0.2, 0.25) is 10.0 Å². The third-order valence-electron chi connectivity index (χ3n) is 3.92. The molecule has 0 aromatic heterocycles. The monoisotopic (exact) mass is 380 g/mol. The van der Waals surface area contributed by atoms with Crippen LogP contribution in [-0.4, -0.2) is 69.2 Å². The van der Waals surface area contributed by atoms with Gasteiger partial charge in [0.25, 0.3) is 5.91 Å². The molecular weight excluding hydrogens is 361 g/mol. The summed E-state index contributed by atoms with van der Waals surface area (Å²) in [6, 6.07) is 3.98. The largest absolute Gasteiger partial charge is 0.416 e. The van der Waals surface area contributed by atoms with Crippen LogP contribution in [0.4, 0.5) is 13.2 Å². The lowest BCUT2D eigenvalue weighted by molar-refractivity contribution is -0.137. The maximum atomic E-state index is 12.6. The van der Waals surface area contributed by atoms with E-state index >= 15 is 0 Å². The number of hydrogen-bond donors (Lipinski definition) is 0. The van der Waals surface area contributed by atoms with Crippen LogP contribution in [0.25, 0.3) is 0 Å². The molecule has 0 aliphatic carbocycles. The van der Waals surface area contributed by atoms with Crippen molar-refractivity contribution in [3.63, 3.8) is 0 Å². The molecule has 1 aliphatic heterocycles. The summed E-state index contributed by atoms with van der Waals surface area (Å²) in [6.45, 7) is 0.766. The minimum absolute atomic E-state index is 0.0903. The van der Waals surface area contributed by atoms with Crippen molar-refractivity contribution in [2.45, 2.75) is 6.18 Å². The van der Waals surface area contributed by atoms with Gasteiger partial charge >= 0.3 is 6.18 Å². The molecule has 1 aromatic rings. The Bertz CT molecular complexity index is 696. The van der Waals surface area contributed by atoms with Crippen LogP contribution in [0.15, 0.2) is 24.3 Å². The van der Waals surface area contributed by atoms with Crippen molar-refractivity contribution in [1.82, 2.24) is 9.21 Å². The van der Waals surface area contributed by atoms with Crippen molar-refractivity contribution in [1.29, 1.82) is 0 Å². The molecule has 0 bridgehead atoms. The zero-order valence-corrected chi connectivity index (χ0v) is 14.4. The summed E-state index contributed by atoms with van der Waals surface area (Å²) < 4.78 is 67.8. The Morgan fingerprint density at radius 3 is 2.16 bits per heavy atom. The Morgan fingerprint density at radius 1 is 1.12 bits per heavy atom. The molecule has 0 saturated carbocycles.